The standard InChI is InChI=1S/C14H7Cl2NO2/c15-12-6-3-10(7-13(12)16)14(18)19-11-4-1-9(8-17)2-5-11/h1-7H. The van der Waals surface area contributed by atoms with E-state index in [0.717, 1.165) is 0 Å². The van der Waals surface area contributed by atoms with Gasteiger partial charge in [-0.1, -0.05) is 23.2 Å². The van der Waals surface area contributed by atoms with Crippen LogP contribution in [0.4, 0.5) is 0 Å². The smallest absolute Gasteiger partial charge is 0.343 e. The molecule has 0 aliphatic carbocycles. The Bertz CT molecular complexity index is 660. The maximum atomic E-state index is 11.8. The fourth-order valence-corrected chi connectivity index (χ4v) is 1.68. The minimum atomic E-state index is -0.539. The van der Waals surface area contributed by atoms with Crippen LogP contribution in [0.3, 0.4) is 0 Å². The Morgan fingerprint density at radius 3 is 2.32 bits per heavy atom. The molecule has 0 bridgehead atoms. The van der Waals surface area contributed by atoms with Gasteiger partial charge < -0.3 is 4.74 Å². The number of nitrogens with zero attached hydrogens (tertiary/aromatic N) is 1. The summed E-state index contributed by atoms with van der Waals surface area (Å²) in [5.74, 6) is -0.182. The van der Waals surface area contributed by atoms with E-state index in [-0.39, 0.29) is 5.02 Å². The van der Waals surface area contributed by atoms with Gasteiger partial charge in [0.15, 0.2) is 0 Å². The molecule has 0 aliphatic heterocycles. The van der Waals surface area contributed by atoms with Crippen molar-refractivity contribution in [3.05, 3.63) is 63.6 Å². The van der Waals surface area contributed by atoms with E-state index < -0.39 is 5.97 Å². The summed E-state index contributed by atoms with van der Waals surface area (Å²) < 4.78 is 5.14. The molecule has 2 rings (SSSR count). The highest BCUT2D eigenvalue weighted by atomic mass is 35.5. The molecule has 0 saturated heterocycles. The van der Waals surface area contributed by atoms with E-state index in [0.29, 0.717) is 21.9 Å². The van der Waals surface area contributed by atoms with Gasteiger partial charge >= 0.3 is 5.97 Å². The lowest BCUT2D eigenvalue weighted by molar-refractivity contribution is 0.0735. The molecule has 0 saturated carbocycles. The molecule has 0 fully saturated rings. The predicted molar refractivity (Wildman–Crippen MR) is 72.6 cm³/mol. The van der Waals surface area contributed by atoms with Crippen LogP contribution >= 0.6 is 23.2 Å². The first-order valence-corrected chi connectivity index (χ1v) is 6.03. The normalized spacial score (nSPS) is 9.74. The maximum absolute atomic E-state index is 11.8. The van der Waals surface area contributed by atoms with Crippen molar-refractivity contribution in [1.29, 1.82) is 5.26 Å². The van der Waals surface area contributed by atoms with Gasteiger partial charge in [0, 0.05) is 0 Å². The Balaban J connectivity index is 2.16. The Kier molecular flexibility index (Phi) is 4.06. The van der Waals surface area contributed by atoms with Crippen LogP contribution in [0.1, 0.15) is 15.9 Å². The summed E-state index contributed by atoms with van der Waals surface area (Å²) in [6, 6.07) is 12.7. The van der Waals surface area contributed by atoms with Gasteiger partial charge in [0.2, 0.25) is 0 Å². The highest BCUT2D eigenvalue weighted by Gasteiger charge is 2.10. The molecule has 0 aromatic heterocycles. The quantitative estimate of drug-likeness (QED) is 0.619. The molecule has 0 heterocycles. The zero-order chi connectivity index (χ0) is 13.8. The Morgan fingerprint density at radius 2 is 1.74 bits per heavy atom. The van der Waals surface area contributed by atoms with Crippen LogP contribution in [-0.4, -0.2) is 5.97 Å². The number of hydrogen-bond donors (Lipinski definition) is 0. The molecule has 3 nitrogen and oxygen atoms in total. The molecule has 2 aromatic rings. The average molecular weight is 292 g/mol. The van der Waals surface area contributed by atoms with Gasteiger partial charge in [-0.05, 0) is 42.5 Å². The monoisotopic (exact) mass is 291 g/mol. The molecular weight excluding hydrogens is 285 g/mol. The summed E-state index contributed by atoms with van der Waals surface area (Å²) in [6.07, 6.45) is 0. The highest BCUT2D eigenvalue weighted by Crippen LogP contribution is 2.23. The average Bonchev–Trinajstić information content (AvgIpc) is 2.42. The van der Waals surface area contributed by atoms with Crippen LogP contribution in [0.5, 0.6) is 5.75 Å². The summed E-state index contributed by atoms with van der Waals surface area (Å²) in [4.78, 5) is 11.8. The van der Waals surface area contributed by atoms with Crippen molar-refractivity contribution in [2.75, 3.05) is 0 Å². The summed E-state index contributed by atoms with van der Waals surface area (Å²) >= 11 is 11.6. The molecule has 0 unspecified atom stereocenters. The lowest BCUT2D eigenvalue weighted by Crippen LogP contribution is -2.08. The van der Waals surface area contributed by atoms with E-state index >= 15 is 0 Å². The van der Waals surface area contributed by atoms with Crippen molar-refractivity contribution >= 4 is 29.2 Å². The van der Waals surface area contributed by atoms with E-state index in [1.807, 2.05) is 6.07 Å². The molecule has 5 heteroatoms. The number of nitriles is 1. The van der Waals surface area contributed by atoms with Crippen LogP contribution < -0.4 is 4.74 Å². The van der Waals surface area contributed by atoms with E-state index in [1.54, 1.807) is 24.3 Å². The summed E-state index contributed by atoms with van der Waals surface area (Å²) in [5, 5.41) is 9.32. The van der Waals surface area contributed by atoms with Crippen molar-refractivity contribution < 1.29 is 9.53 Å². The number of hydrogen-bond acceptors (Lipinski definition) is 3. The van der Waals surface area contributed by atoms with Crippen LogP contribution in [0.2, 0.25) is 10.0 Å². The number of halogens is 2. The molecular formula is C14H7Cl2NO2. The molecule has 19 heavy (non-hydrogen) atoms. The van der Waals surface area contributed by atoms with Crippen molar-refractivity contribution in [2.45, 2.75) is 0 Å². The third kappa shape index (κ3) is 3.25. The van der Waals surface area contributed by atoms with Crippen molar-refractivity contribution in [3.8, 4) is 11.8 Å². The lowest BCUT2D eigenvalue weighted by atomic mass is 10.2. The van der Waals surface area contributed by atoms with E-state index in [1.165, 1.54) is 18.2 Å². The number of ether oxygens (including phenoxy) is 1. The van der Waals surface area contributed by atoms with E-state index in [4.69, 9.17) is 33.2 Å². The Morgan fingerprint density at radius 1 is 1.05 bits per heavy atom. The van der Waals surface area contributed by atoms with Gasteiger partial charge in [0.1, 0.15) is 5.75 Å². The van der Waals surface area contributed by atoms with Gasteiger partial charge in [-0.3, -0.25) is 0 Å². The lowest BCUT2D eigenvalue weighted by Gasteiger charge is -2.05. The molecule has 0 spiro atoms. The first-order valence-electron chi connectivity index (χ1n) is 5.27. The SMILES string of the molecule is N#Cc1ccc(OC(=O)c2ccc(Cl)c(Cl)c2)cc1. The molecule has 0 atom stereocenters. The maximum Gasteiger partial charge on any atom is 0.343 e. The number of rotatable bonds is 2. The summed E-state index contributed by atoms with van der Waals surface area (Å²) in [6.45, 7) is 0. The van der Waals surface area contributed by atoms with Crippen LogP contribution in [0.15, 0.2) is 42.5 Å². The summed E-state index contributed by atoms with van der Waals surface area (Å²) in [5.41, 5.74) is 0.799. The molecule has 0 radical (unpaired) electrons. The Hall–Kier alpha value is -2.02. The minimum Gasteiger partial charge on any atom is -0.423 e. The third-order valence-electron chi connectivity index (χ3n) is 2.35. The highest BCUT2D eigenvalue weighted by molar-refractivity contribution is 6.42. The molecule has 0 N–H and O–H groups in total. The van der Waals surface area contributed by atoms with Crippen molar-refractivity contribution in [3.63, 3.8) is 0 Å². The number of carbonyl (C=O) groups is 1. The fraction of sp³-hybridized carbons (Fsp3) is 0. The first kappa shape index (κ1) is 13.4. The first-order chi connectivity index (χ1) is 9.10. The number of benzene rings is 2. The molecule has 94 valence electrons. The van der Waals surface area contributed by atoms with Gasteiger partial charge in [0.05, 0.1) is 27.2 Å². The van der Waals surface area contributed by atoms with E-state index in [2.05, 4.69) is 0 Å². The van der Waals surface area contributed by atoms with Crippen molar-refractivity contribution in [1.82, 2.24) is 0 Å². The Labute approximate surface area is 119 Å². The minimum absolute atomic E-state index is 0.288. The van der Waals surface area contributed by atoms with E-state index in [9.17, 15) is 4.79 Å². The zero-order valence-electron chi connectivity index (χ0n) is 9.56. The van der Waals surface area contributed by atoms with Gasteiger partial charge in [-0.25, -0.2) is 4.79 Å². The molecule has 0 aliphatic rings. The second kappa shape index (κ2) is 5.75. The molecule has 2 aromatic carbocycles. The fourth-order valence-electron chi connectivity index (χ4n) is 1.39. The number of esters is 1. The van der Waals surface area contributed by atoms with Crippen LogP contribution in [0.25, 0.3) is 0 Å². The largest absolute Gasteiger partial charge is 0.423 e. The molecule has 0 amide bonds. The van der Waals surface area contributed by atoms with Gasteiger partial charge in [0.25, 0.3) is 0 Å². The summed E-state index contributed by atoms with van der Waals surface area (Å²) in [7, 11) is 0. The second-order valence-corrected chi connectivity index (χ2v) is 4.47. The topological polar surface area (TPSA) is 50.1 Å². The third-order valence-corrected chi connectivity index (χ3v) is 3.09. The van der Waals surface area contributed by atoms with Crippen LogP contribution in [0, 0.1) is 11.3 Å². The van der Waals surface area contributed by atoms with Crippen molar-refractivity contribution in [2.24, 2.45) is 0 Å². The number of carbonyl (C=O) groups excluding carboxylic acids is 1. The van der Waals surface area contributed by atoms with Gasteiger partial charge in [-0.2, -0.15) is 5.26 Å². The van der Waals surface area contributed by atoms with Crippen LogP contribution in [-0.2, 0) is 0 Å². The van der Waals surface area contributed by atoms with Gasteiger partial charge in [-0.15, -0.1) is 0 Å². The zero-order valence-corrected chi connectivity index (χ0v) is 11.1. The second-order valence-electron chi connectivity index (χ2n) is 3.65. The predicted octanol–water partition coefficient (Wildman–Crippen LogP) is 4.08.